The number of likely N-dealkylation sites (tertiary alicyclic amines) is 1. The molecule has 2 saturated heterocycles. The van der Waals surface area contributed by atoms with Crippen LogP contribution in [0.3, 0.4) is 0 Å². The Balaban J connectivity index is 1.52. The fourth-order valence-corrected chi connectivity index (χ4v) is 4.57. The van der Waals surface area contributed by atoms with Gasteiger partial charge in [-0.15, -0.1) is 0 Å². The maximum absolute atomic E-state index is 13.3. The number of methoxy groups -OCH3 is 2. The van der Waals surface area contributed by atoms with Crippen molar-refractivity contribution < 1.29 is 14.3 Å². The quantitative estimate of drug-likeness (QED) is 0.777. The molecule has 2 aromatic rings. The van der Waals surface area contributed by atoms with Crippen LogP contribution in [0.25, 0.3) is 0 Å². The SMILES string of the molecule is COc1ccc(OC)c(CC(=O)N2CCCC2C2NNCC2c2ccncc2)c1. The van der Waals surface area contributed by atoms with Gasteiger partial charge in [0.2, 0.25) is 5.91 Å². The van der Waals surface area contributed by atoms with E-state index >= 15 is 0 Å². The summed E-state index contributed by atoms with van der Waals surface area (Å²) >= 11 is 0. The van der Waals surface area contributed by atoms with E-state index in [0.717, 1.165) is 37.2 Å². The largest absolute Gasteiger partial charge is 0.497 e. The van der Waals surface area contributed by atoms with Gasteiger partial charge in [-0.1, -0.05) is 0 Å². The predicted octanol–water partition coefficient (Wildman–Crippen LogP) is 1.89. The third kappa shape index (κ3) is 4.06. The molecule has 0 saturated carbocycles. The number of nitrogens with one attached hydrogen (secondary N) is 2. The van der Waals surface area contributed by atoms with E-state index in [1.807, 2.05) is 35.5 Å². The summed E-state index contributed by atoms with van der Waals surface area (Å²) in [6.45, 7) is 1.63. The molecular formula is C22H28N4O3. The van der Waals surface area contributed by atoms with Gasteiger partial charge in [0.15, 0.2) is 0 Å². The highest BCUT2D eigenvalue weighted by Gasteiger charge is 2.41. The molecule has 1 amide bonds. The van der Waals surface area contributed by atoms with E-state index in [1.54, 1.807) is 14.2 Å². The predicted molar refractivity (Wildman–Crippen MR) is 110 cm³/mol. The highest BCUT2D eigenvalue weighted by atomic mass is 16.5. The minimum atomic E-state index is 0.126. The molecule has 0 bridgehead atoms. The lowest BCUT2D eigenvalue weighted by atomic mass is 9.88. The first kappa shape index (κ1) is 19.7. The molecule has 3 unspecified atom stereocenters. The van der Waals surface area contributed by atoms with Crippen LogP contribution in [0.15, 0.2) is 42.7 Å². The maximum Gasteiger partial charge on any atom is 0.227 e. The number of aromatic nitrogens is 1. The molecule has 1 aromatic heterocycles. The molecule has 2 aliphatic rings. The van der Waals surface area contributed by atoms with Crippen LogP contribution in [-0.2, 0) is 11.2 Å². The Labute approximate surface area is 171 Å². The minimum Gasteiger partial charge on any atom is -0.497 e. The molecule has 0 aliphatic carbocycles. The number of carbonyl (C=O) groups excluding carboxylic acids is 1. The van der Waals surface area contributed by atoms with Crippen LogP contribution in [0, 0.1) is 0 Å². The molecule has 3 atom stereocenters. The average Bonchev–Trinajstić information content (AvgIpc) is 3.43. The van der Waals surface area contributed by atoms with Crippen molar-refractivity contribution in [2.24, 2.45) is 0 Å². The van der Waals surface area contributed by atoms with Gasteiger partial charge in [0.05, 0.1) is 20.6 Å². The standard InChI is InChI=1S/C22H28N4O3/c1-28-17-5-6-20(29-2)16(12-17)13-21(27)26-11-3-4-19(26)22-18(14-24-25-22)15-7-9-23-10-8-15/h5-10,12,18-19,22,24-25H,3-4,11,13-14H2,1-2H3. The molecule has 7 nitrogen and oxygen atoms in total. The molecule has 7 heteroatoms. The van der Waals surface area contributed by atoms with Gasteiger partial charge in [-0.3, -0.25) is 20.6 Å². The van der Waals surface area contributed by atoms with Gasteiger partial charge >= 0.3 is 0 Å². The molecule has 3 heterocycles. The zero-order valence-electron chi connectivity index (χ0n) is 16.9. The van der Waals surface area contributed by atoms with Crippen molar-refractivity contribution in [1.82, 2.24) is 20.7 Å². The molecule has 154 valence electrons. The summed E-state index contributed by atoms with van der Waals surface area (Å²) in [6, 6.07) is 10.0. The number of ether oxygens (including phenoxy) is 2. The second-order valence-corrected chi connectivity index (χ2v) is 7.59. The van der Waals surface area contributed by atoms with Gasteiger partial charge in [-0.25, -0.2) is 0 Å². The lowest BCUT2D eigenvalue weighted by Crippen LogP contribution is -2.50. The van der Waals surface area contributed by atoms with Crippen LogP contribution in [0.2, 0.25) is 0 Å². The molecule has 2 aliphatic heterocycles. The Kier molecular flexibility index (Phi) is 5.97. The average molecular weight is 396 g/mol. The third-order valence-electron chi connectivity index (χ3n) is 6.02. The Morgan fingerprint density at radius 3 is 2.79 bits per heavy atom. The number of hydrazine groups is 1. The molecule has 4 rings (SSSR count). The van der Waals surface area contributed by atoms with E-state index in [4.69, 9.17) is 9.47 Å². The molecular weight excluding hydrogens is 368 g/mol. The third-order valence-corrected chi connectivity index (χ3v) is 6.02. The van der Waals surface area contributed by atoms with Crippen LogP contribution in [-0.4, -0.2) is 55.2 Å². The van der Waals surface area contributed by atoms with Crippen molar-refractivity contribution >= 4 is 5.91 Å². The second kappa shape index (κ2) is 8.80. The first-order chi connectivity index (χ1) is 14.2. The van der Waals surface area contributed by atoms with Crippen LogP contribution < -0.4 is 20.3 Å². The van der Waals surface area contributed by atoms with Crippen LogP contribution in [0.5, 0.6) is 11.5 Å². The van der Waals surface area contributed by atoms with E-state index in [9.17, 15) is 4.79 Å². The van der Waals surface area contributed by atoms with Gasteiger partial charge in [0.1, 0.15) is 11.5 Å². The highest BCUT2D eigenvalue weighted by Crippen LogP contribution is 2.32. The Bertz CT molecular complexity index is 845. The van der Waals surface area contributed by atoms with Crippen molar-refractivity contribution in [1.29, 1.82) is 0 Å². The fourth-order valence-electron chi connectivity index (χ4n) is 4.57. The highest BCUT2D eigenvalue weighted by molar-refractivity contribution is 5.80. The van der Waals surface area contributed by atoms with E-state index in [-0.39, 0.29) is 18.0 Å². The Hall–Kier alpha value is -2.64. The van der Waals surface area contributed by atoms with Gasteiger partial charge < -0.3 is 14.4 Å². The summed E-state index contributed by atoms with van der Waals surface area (Å²) < 4.78 is 10.8. The minimum absolute atomic E-state index is 0.126. The molecule has 0 radical (unpaired) electrons. The monoisotopic (exact) mass is 396 g/mol. The van der Waals surface area contributed by atoms with Crippen molar-refractivity contribution in [2.75, 3.05) is 27.3 Å². The summed E-state index contributed by atoms with van der Waals surface area (Å²) in [4.78, 5) is 19.4. The van der Waals surface area contributed by atoms with Crippen molar-refractivity contribution in [3.63, 3.8) is 0 Å². The Morgan fingerprint density at radius 1 is 1.21 bits per heavy atom. The number of benzene rings is 1. The van der Waals surface area contributed by atoms with Crippen molar-refractivity contribution in [3.8, 4) is 11.5 Å². The van der Waals surface area contributed by atoms with Crippen LogP contribution in [0.1, 0.15) is 29.9 Å². The lowest BCUT2D eigenvalue weighted by Gasteiger charge is -2.32. The fraction of sp³-hybridized carbons (Fsp3) is 0.455. The number of pyridine rings is 1. The number of hydrogen-bond acceptors (Lipinski definition) is 6. The summed E-state index contributed by atoms with van der Waals surface area (Å²) in [7, 11) is 3.25. The maximum atomic E-state index is 13.3. The topological polar surface area (TPSA) is 75.7 Å². The first-order valence-electron chi connectivity index (χ1n) is 10.1. The summed E-state index contributed by atoms with van der Waals surface area (Å²) in [5.41, 5.74) is 8.82. The van der Waals surface area contributed by atoms with Crippen molar-refractivity contribution in [3.05, 3.63) is 53.9 Å². The normalized spacial score (nSPS) is 23.9. The van der Waals surface area contributed by atoms with E-state index in [1.165, 1.54) is 5.56 Å². The van der Waals surface area contributed by atoms with Gasteiger partial charge in [0, 0.05) is 49.0 Å². The number of amides is 1. The van der Waals surface area contributed by atoms with E-state index in [2.05, 4.69) is 28.0 Å². The van der Waals surface area contributed by atoms with Crippen molar-refractivity contribution in [2.45, 2.75) is 37.3 Å². The summed E-state index contributed by atoms with van der Waals surface area (Å²) in [6.07, 6.45) is 5.99. The number of carbonyl (C=O) groups is 1. The Morgan fingerprint density at radius 2 is 2.03 bits per heavy atom. The van der Waals surface area contributed by atoms with E-state index in [0.29, 0.717) is 18.1 Å². The van der Waals surface area contributed by atoms with Crippen LogP contribution >= 0.6 is 0 Å². The zero-order valence-corrected chi connectivity index (χ0v) is 16.9. The zero-order chi connectivity index (χ0) is 20.2. The number of hydrogen-bond donors (Lipinski definition) is 2. The van der Waals surface area contributed by atoms with Gasteiger partial charge in [0.25, 0.3) is 0 Å². The van der Waals surface area contributed by atoms with Crippen LogP contribution in [0.4, 0.5) is 0 Å². The number of nitrogens with zero attached hydrogens (tertiary/aromatic N) is 2. The smallest absolute Gasteiger partial charge is 0.227 e. The molecule has 0 spiro atoms. The second-order valence-electron chi connectivity index (χ2n) is 7.59. The number of rotatable bonds is 6. The first-order valence-corrected chi connectivity index (χ1v) is 10.1. The molecule has 29 heavy (non-hydrogen) atoms. The molecule has 1 aromatic carbocycles. The summed E-state index contributed by atoms with van der Waals surface area (Å²) in [5.74, 6) is 1.88. The molecule has 2 fully saturated rings. The van der Waals surface area contributed by atoms with E-state index < -0.39 is 0 Å². The van der Waals surface area contributed by atoms with Gasteiger partial charge in [-0.05, 0) is 48.7 Å². The molecule has 2 N–H and O–H groups in total. The van der Waals surface area contributed by atoms with Gasteiger partial charge in [-0.2, -0.15) is 0 Å². The lowest BCUT2D eigenvalue weighted by molar-refractivity contribution is -0.131. The summed E-state index contributed by atoms with van der Waals surface area (Å²) in [5, 5.41) is 0.